The van der Waals surface area contributed by atoms with E-state index in [0.29, 0.717) is 17.8 Å². The van der Waals surface area contributed by atoms with Crippen molar-refractivity contribution in [2.75, 3.05) is 16.2 Å². The second-order valence-corrected chi connectivity index (χ2v) is 5.59. The molecule has 0 aliphatic carbocycles. The lowest BCUT2D eigenvalue weighted by atomic mass is 10.3. The number of nitrogens with one attached hydrogen (secondary N) is 1. The van der Waals surface area contributed by atoms with Crippen molar-refractivity contribution >= 4 is 21.4 Å². The van der Waals surface area contributed by atoms with Gasteiger partial charge in [-0.3, -0.25) is 4.72 Å². The Bertz CT molecular complexity index is 412. The maximum Gasteiger partial charge on any atom is 0.232 e. The number of sulfonamides is 1. The number of nitrogen functional groups attached to an aromatic ring is 1. The standard InChI is InChI=1S/C11H18N2O2S/c1-2-3-4-9-16(14,15)13-11-7-5-10(12)6-8-11/h5-8,13H,2-4,9,12H2,1H3. The average molecular weight is 242 g/mol. The van der Waals surface area contributed by atoms with Crippen molar-refractivity contribution in [3.63, 3.8) is 0 Å². The molecule has 0 aromatic heterocycles. The predicted octanol–water partition coefficient (Wildman–Crippen LogP) is 2.20. The molecule has 0 saturated heterocycles. The number of hydrogen-bond acceptors (Lipinski definition) is 3. The van der Waals surface area contributed by atoms with Gasteiger partial charge in [0, 0.05) is 11.4 Å². The van der Waals surface area contributed by atoms with Crippen molar-refractivity contribution in [2.45, 2.75) is 26.2 Å². The molecule has 0 amide bonds. The highest BCUT2D eigenvalue weighted by Crippen LogP contribution is 2.13. The van der Waals surface area contributed by atoms with Gasteiger partial charge in [-0.25, -0.2) is 8.42 Å². The quantitative estimate of drug-likeness (QED) is 0.593. The van der Waals surface area contributed by atoms with Crippen LogP contribution in [0, 0.1) is 0 Å². The Kier molecular flexibility index (Phi) is 4.61. The molecule has 0 bridgehead atoms. The monoisotopic (exact) mass is 242 g/mol. The minimum atomic E-state index is -3.21. The molecule has 1 rings (SSSR count). The van der Waals surface area contributed by atoms with Gasteiger partial charge in [0.25, 0.3) is 0 Å². The molecule has 0 unspecified atom stereocenters. The molecule has 0 fully saturated rings. The van der Waals surface area contributed by atoms with Crippen molar-refractivity contribution in [1.29, 1.82) is 0 Å². The summed E-state index contributed by atoms with van der Waals surface area (Å²) < 4.78 is 25.8. The van der Waals surface area contributed by atoms with E-state index >= 15 is 0 Å². The number of nitrogens with two attached hydrogens (primary N) is 1. The topological polar surface area (TPSA) is 72.2 Å². The third-order valence-corrected chi connectivity index (χ3v) is 3.57. The molecule has 16 heavy (non-hydrogen) atoms. The molecule has 4 nitrogen and oxygen atoms in total. The van der Waals surface area contributed by atoms with E-state index in [1.54, 1.807) is 24.3 Å². The van der Waals surface area contributed by atoms with Gasteiger partial charge in [0.15, 0.2) is 0 Å². The van der Waals surface area contributed by atoms with E-state index in [-0.39, 0.29) is 5.75 Å². The smallest absolute Gasteiger partial charge is 0.232 e. The number of unbranched alkanes of at least 4 members (excludes halogenated alkanes) is 2. The first-order chi connectivity index (χ1) is 7.53. The highest BCUT2D eigenvalue weighted by molar-refractivity contribution is 7.92. The molecule has 5 heteroatoms. The number of rotatable bonds is 6. The van der Waals surface area contributed by atoms with Crippen LogP contribution in [0.2, 0.25) is 0 Å². The molecule has 0 heterocycles. The summed E-state index contributed by atoms with van der Waals surface area (Å²) in [5.41, 5.74) is 6.69. The lowest BCUT2D eigenvalue weighted by molar-refractivity contribution is 0.596. The van der Waals surface area contributed by atoms with E-state index in [2.05, 4.69) is 4.72 Å². The lowest BCUT2D eigenvalue weighted by Gasteiger charge is -2.07. The summed E-state index contributed by atoms with van der Waals surface area (Å²) in [7, 11) is -3.21. The molecule has 1 aromatic rings. The van der Waals surface area contributed by atoms with E-state index in [0.717, 1.165) is 12.8 Å². The van der Waals surface area contributed by atoms with Gasteiger partial charge in [-0.05, 0) is 30.7 Å². The first kappa shape index (κ1) is 12.8. The molecule has 1 aromatic carbocycles. The molecular weight excluding hydrogens is 224 g/mol. The van der Waals surface area contributed by atoms with Gasteiger partial charge in [-0.15, -0.1) is 0 Å². The average Bonchev–Trinajstić information content (AvgIpc) is 2.21. The SMILES string of the molecule is CCCCCS(=O)(=O)Nc1ccc(N)cc1. The number of benzene rings is 1. The minimum Gasteiger partial charge on any atom is -0.399 e. The Hall–Kier alpha value is -1.23. The fourth-order valence-corrected chi connectivity index (χ4v) is 2.51. The van der Waals surface area contributed by atoms with Gasteiger partial charge in [-0.2, -0.15) is 0 Å². The third kappa shape index (κ3) is 4.53. The van der Waals surface area contributed by atoms with E-state index in [1.807, 2.05) is 6.92 Å². The van der Waals surface area contributed by atoms with Crippen LogP contribution in [0.5, 0.6) is 0 Å². The zero-order chi connectivity index (χ0) is 12.0. The predicted molar refractivity (Wildman–Crippen MR) is 67.8 cm³/mol. The van der Waals surface area contributed by atoms with Crippen LogP contribution in [0.4, 0.5) is 11.4 Å². The molecule has 0 radical (unpaired) electrons. The minimum absolute atomic E-state index is 0.172. The van der Waals surface area contributed by atoms with Crippen LogP contribution in [0.1, 0.15) is 26.2 Å². The fraction of sp³-hybridized carbons (Fsp3) is 0.455. The summed E-state index contributed by atoms with van der Waals surface area (Å²) >= 11 is 0. The van der Waals surface area contributed by atoms with Crippen LogP contribution in [0.25, 0.3) is 0 Å². The van der Waals surface area contributed by atoms with Crippen LogP contribution in [-0.2, 0) is 10.0 Å². The third-order valence-electron chi connectivity index (χ3n) is 2.20. The van der Waals surface area contributed by atoms with Crippen molar-refractivity contribution in [1.82, 2.24) is 0 Å². The highest BCUT2D eigenvalue weighted by atomic mass is 32.2. The Morgan fingerprint density at radius 1 is 1.19 bits per heavy atom. The van der Waals surface area contributed by atoms with Crippen molar-refractivity contribution in [3.05, 3.63) is 24.3 Å². The van der Waals surface area contributed by atoms with Crippen LogP contribution in [-0.4, -0.2) is 14.2 Å². The van der Waals surface area contributed by atoms with Crippen LogP contribution < -0.4 is 10.5 Å². The second kappa shape index (κ2) is 5.75. The molecule has 3 N–H and O–H groups in total. The van der Waals surface area contributed by atoms with Gasteiger partial charge in [-0.1, -0.05) is 19.8 Å². The fourth-order valence-electron chi connectivity index (χ4n) is 1.32. The molecule has 0 saturated carbocycles. The molecule has 0 aliphatic rings. The Morgan fingerprint density at radius 3 is 2.38 bits per heavy atom. The molecular formula is C11H18N2O2S. The van der Waals surface area contributed by atoms with Gasteiger partial charge in [0.1, 0.15) is 0 Å². The van der Waals surface area contributed by atoms with Crippen LogP contribution in [0.3, 0.4) is 0 Å². The maximum absolute atomic E-state index is 11.6. The van der Waals surface area contributed by atoms with E-state index in [9.17, 15) is 8.42 Å². The highest BCUT2D eigenvalue weighted by Gasteiger charge is 2.09. The summed E-state index contributed by atoms with van der Waals surface area (Å²) in [5.74, 6) is 0.172. The molecule has 90 valence electrons. The summed E-state index contributed by atoms with van der Waals surface area (Å²) in [6.07, 6.45) is 2.64. The van der Waals surface area contributed by atoms with E-state index < -0.39 is 10.0 Å². The summed E-state index contributed by atoms with van der Waals surface area (Å²) in [6, 6.07) is 6.66. The normalized spacial score (nSPS) is 11.3. The Labute approximate surface area is 96.9 Å². The number of anilines is 2. The van der Waals surface area contributed by atoms with Gasteiger partial charge < -0.3 is 5.73 Å². The largest absolute Gasteiger partial charge is 0.399 e. The molecule has 0 atom stereocenters. The van der Waals surface area contributed by atoms with Gasteiger partial charge in [0.05, 0.1) is 5.75 Å². The second-order valence-electron chi connectivity index (χ2n) is 3.75. The summed E-state index contributed by atoms with van der Waals surface area (Å²) in [6.45, 7) is 2.04. The molecule has 0 aliphatic heterocycles. The number of hydrogen-bond donors (Lipinski definition) is 2. The zero-order valence-corrected chi connectivity index (χ0v) is 10.3. The Balaban J connectivity index is 2.55. The first-order valence-electron chi connectivity index (χ1n) is 5.39. The van der Waals surface area contributed by atoms with Crippen molar-refractivity contribution < 1.29 is 8.42 Å². The van der Waals surface area contributed by atoms with E-state index in [1.165, 1.54) is 0 Å². The first-order valence-corrected chi connectivity index (χ1v) is 7.05. The maximum atomic E-state index is 11.6. The van der Waals surface area contributed by atoms with Gasteiger partial charge in [0.2, 0.25) is 10.0 Å². The van der Waals surface area contributed by atoms with Crippen molar-refractivity contribution in [2.24, 2.45) is 0 Å². The van der Waals surface area contributed by atoms with Crippen molar-refractivity contribution in [3.8, 4) is 0 Å². The zero-order valence-electron chi connectivity index (χ0n) is 9.44. The van der Waals surface area contributed by atoms with Crippen LogP contribution >= 0.6 is 0 Å². The lowest BCUT2D eigenvalue weighted by Crippen LogP contribution is -2.16. The van der Waals surface area contributed by atoms with Crippen LogP contribution in [0.15, 0.2) is 24.3 Å². The van der Waals surface area contributed by atoms with E-state index in [4.69, 9.17) is 5.73 Å². The van der Waals surface area contributed by atoms with Gasteiger partial charge >= 0.3 is 0 Å². The summed E-state index contributed by atoms with van der Waals surface area (Å²) in [5, 5.41) is 0. The summed E-state index contributed by atoms with van der Waals surface area (Å²) in [4.78, 5) is 0. The Morgan fingerprint density at radius 2 is 1.81 bits per heavy atom. The molecule has 0 spiro atoms.